The summed E-state index contributed by atoms with van der Waals surface area (Å²) < 4.78 is 5.68. The summed E-state index contributed by atoms with van der Waals surface area (Å²) in [6, 6.07) is 12.0. The molecule has 0 saturated heterocycles. The summed E-state index contributed by atoms with van der Waals surface area (Å²) in [6.45, 7) is -0.0582. The van der Waals surface area contributed by atoms with Gasteiger partial charge in [-0.2, -0.15) is 0 Å². The monoisotopic (exact) mass is 276 g/mol. The Morgan fingerprint density at radius 2 is 2.05 bits per heavy atom. The molecule has 0 amide bonds. The molecule has 98 valence electrons. The predicted octanol–water partition coefficient (Wildman–Crippen LogP) is 2.91. The summed E-state index contributed by atoms with van der Waals surface area (Å²) in [7, 11) is 0. The third kappa shape index (κ3) is 3.24. The first kappa shape index (κ1) is 13.4. The summed E-state index contributed by atoms with van der Waals surface area (Å²) in [5.74, 6) is 0.902. The van der Waals surface area contributed by atoms with Gasteiger partial charge in [-0.25, -0.2) is 0 Å². The zero-order chi connectivity index (χ0) is 13.8. The van der Waals surface area contributed by atoms with Gasteiger partial charge in [-0.15, -0.1) is 0 Å². The number of rotatable bonds is 4. The van der Waals surface area contributed by atoms with Crippen LogP contribution < -0.4 is 10.5 Å². The van der Waals surface area contributed by atoms with Crippen molar-refractivity contribution in [3.05, 3.63) is 58.6 Å². The molecule has 2 rings (SSSR count). The van der Waals surface area contributed by atoms with E-state index in [0.29, 0.717) is 22.1 Å². The van der Waals surface area contributed by atoms with Crippen LogP contribution in [0, 0.1) is 5.41 Å². The molecule has 4 nitrogen and oxygen atoms in total. The second-order valence-corrected chi connectivity index (χ2v) is 4.40. The fraction of sp³-hybridized carbons (Fsp3) is 0.0714. The molecule has 0 atom stereocenters. The molecular formula is C14H13ClN2O2. The normalized spacial score (nSPS) is 10.2. The number of nitrogens with one attached hydrogen (secondary N) is 1. The van der Waals surface area contributed by atoms with Crippen LogP contribution in [0.3, 0.4) is 0 Å². The van der Waals surface area contributed by atoms with E-state index in [4.69, 9.17) is 32.6 Å². The molecule has 0 fully saturated rings. The van der Waals surface area contributed by atoms with E-state index in [0.717, 1.165) is 5.56 Å². The summed E-state index contributed by atoms with van der Waals surface area (Å²) >= 11 is 5.87. The van der Waals surface area contributed by atoms with Crippen molar-refractivity contribution in [1.82, 2.24) is 0 Å². The molecule has 0 aliphatic carbocycles. The van der Waals surface area contributed by atoms with Crippen molar-refractivity contribution in [3.8, 4) is 11.5 Å². The lowest BCUT2D eigenvalue weighted by Gasteiger charge is -2.11. The molecule has 2 aromatic carbocycles. The van der Waals surface area contributed by atoms with Gasteiger partial charge in [0.25, 0.3) is 0 Å². The second-order valence-electron chi connectivity index (χ2n) is 3.96. The third-order valence-corrected chi connectivity index (χ3v) is 2.78. The van der Waals surface area contributed by atoms with Crippen LogP contribution in [-0.2, 0) is 6.61 Å². The quantitative estimate of drug-likeness (QED) is 0.593. The molecule has 4 N–H and O–H groups in total. The van der Waals surface area contributed by atoms with Gasteiger partial charge in [0.2, 0.25) is 0 Å². The lowest BCUT2D eigenvalue weighted by molar-refractivity contribution is 0.281. The summed E-state index contributed by atoms with van der Waals surface area (Å²) in [5, 5.41) is 17.1. The maximum absolute atomic E-state index is 9.08. The maximum atomic E-state index is 9.08. The van der Waals surface area contributed by atoms with Crippen LogP contribution in [0.1, 0.15) is 11.1 Å². The molecule has 0 heterocycles. The Labute approximate surface area is 115 Å². The van der Waals surface area contributed by atoms with Crippen molar-refractivity contribution in [2.24, 2.45) is 5.73 Å². The molecule has 0 unspecified atom stereocenters. The minimum atomic E-state index is -0.115. The van der Waals surface area contributed by atoms with Crippen LogP contribution >= 0.6 is 11.6 Å². The minimum Gasteiger partial charge on any atom is -0.457 e. The Morgan fingerprint density at radius 3 is 2.74 bits per heavy atom. The second kappa shape index (κ2) is 5.73. The summed E-state index contributed by atoms with van der Waals surface area (Å²) in [4.78, 5) is 0. The van der Waals surface area contributed by atoms with Crippen LogP contribution in [-0.4, -0.2) is 10.9 Å². The highest BCUT2D eigenvalue weighted by atomic mass is 35.5. The van der Waals surface area contributed by atoms with Gasteiger partial charge in [0.1, 0.15) is 17.3 Å². The highest BCUT2D eigenvalue weighted by Gasteiger charge is 2.09. The van der Waals surface area contributed by atoms with Gasteiger partial charge in [0.05, 0.1) is 12.2 Å². The van der Waals surface area contributed by atoms with E-state index >= 15 is 0 Å². The number of aliphatic hydroxyl groups excluding tert-OH is 1. The van der Waals surface area contributed by atoms with Gasteiger partial charge in [-0.05, 0) is 35.9 Å². The lowest BCUT2D eigenvalue weighted by Crippen LogP contribution is -2.12. The number of amidine groups is 1. The molecule has 0 spiro atoms. The number of benzene rings is 2. The zero-order valence-electron chi connectivity index (χ0n) is 10.1. The van der Waals surface area contributed by atoms with Crippen molar-refractivity contribution in [3.63, 3.8) is 0 Å². The number of nitrogens with two attached hydrogens (primary N) is 1. The molecule has 5 heteroatoms. The molecule has 0 aliphatic rings. The van der Waals surface area contributed by atoms with E-state index in [1.54, 1.807) is 42.5 Å². The molecule has 0 radical (unpaired) electrons. The molecule has 19 heavy (non-hydrogen) atoms. The van der Waals surface area contributed by atoms with Crippen LogP contribution in [0.5, 0.6) is 11.5 Å². The Hall–Kier alpha value is -2.04. The van der Waals surface area contributed by atoms with E-state index in [2.05, 4.69) is 0 Å². The first-order chi connectivity index (χ1) is 9.10. The highest BCUT2D eigenvalue weighted by molar-refractivity contribution is 6.31. The van der Waals surface area contributed by atoms with Crippen molar-refractivity contribution >= 4 is 17.4 Å². The molecule has 0 bridgehead atoms. The number of aliphatic hydroxyl groups is 1. The lowest BCUT2D eigenvalue weighted by atomic mass is 10.2. The average molecular weight is 277 g/mol. The predicted molar refractivity (Wildman–Crippen MR) is 74.9 cm³/mol. The van der Waals surface area contributed by atoms with Gasteiger partial charge in [0, 0.05) is 5.02 Å². The van der Waals surface area contributed by atoms with Crippen molar-refractivity contribution in [1.29, 1.82) is 5.41 Å². The van der Waals surface area contributed by atoms with Gasteiger partial charge >= 0.3 is 0 Å². The molecule has 0 aliphatic heterocycles. The van der Waals surface area contributed by atoms with Crippen LogP contribution in [0.15, 0.2) is 42.5 Å². The fourth-order valence-corrected chi connectivity index (χ4v) is 1.81. The van der Waals surface area contributed by atoms with Gasteiger partial charge < -0.3 is 15.6 Å². The number of halogens is 1. The van der Waals surface area contributed by atoms with Gasteiger partial charge in [-0.1, -0.05) is 23.7 Å². The van der Waals surface area contributed by atoms with E-state index in [-0.39, 0.29) is 12.4 Å². The Kier molecular flexibility index (Phi) is 4.04. The van der Waals surface area contributed by atoms with Gasteiger partial charge in [0.15, 0.2) is 0 Å². The van der Waals surface area contributed by atoms with E-state index in [1.807, 2.05) is 0 Å². The number of hydrogen-bond donors (Lipinski definition) is 3. The Bertz CT molecular complexity index is 614. The van der Waals surface area contributed by atoms with Crippen LogP contribution in [0.25, 0.3) is 0 Å². The molecule has 0 saturated carbocycles. The smallest absolute Gasteiger partial charge is 0.138 e. The van der Waals surface area contributed by atoms with Crippen molar-refractivity contribution in [2.75, 3.05) is 0 Å². The van der Waals surface area contributed by atoms with Crippen molar-refractivity contribution in [2.45, 2.75) is 6.61 Å². The minimum absolute atomic E-state index is 0.0582. The van der Waals surface area contributed by atoms with E-state index in [9.17, 15) is 0 Å². The average Bonchev–Trinajstić information content (AvgIpc) is 2.41. The zero-order valence-corrected chi connectivity index (χ0v) is 10.8. The Morgan fingerprint density at radius 1 is 1.26 bits per heavy atom. The molecule has 0 aromatic heterocycles. The fourth-order valence-electron chi connectivity index (χ4n) is 1.64. The van der Waals surface area contributed by atoms with E-state index < -0.39 is 0 Å². The topological polar surface area (TPSA) is 79.3 Å². The first-order valence-corrected chi connectivity index (χ1v) is 5.99. The number of ether oxygens (including phenoxy) is 1. The summed E-state index contributed by atoms with van der Waals surface area (Å²) in [6.07, 6.45) is 0. The molecule has 2 aromatic rings. The highest BCUT2D eigenvalue weighted by Crippen LogP contribution is 2.28. The standard InChI is InChI=1S/C14H13ClN2O2/c15-10-4-5-13(12(7-10)14(16)17)19-11-3-1-2-9(6-11)8-18/h1-7,18H,8H2,(H3,16,17). The number of hydrogen-bond acceptors (Lipinski definition) is 3. The van der Waals surface area contributed by atoms with E-state index in [1.165, 1.54) is 0 Å². The molecular weight excluding hydrogens is 264 g/mol. The van der Waals surface area contributed by atoms with Gasteiger partial charge in [-0.3, -0.25) is 5.41 Å². The number of nitrogen functional groups attached to an aromatic ring is 1. The maximum Gasteiger partial charge on any atom is 0.138 e. The summed E-state index contributed by atoms with van der Waals surface area (Å²) in [5.41, 5.74) is 6.68. The first-order valence-electron chi connectivity index (χ1n) is 5.62. The van der Waals surface area contributed by atoms with Crippen LogP contribution in [0.4, 0.5) is 0 Å². The Balaban J connectivity index is 2.34. The van der Waals surface area contributed by atoms with Crippen LogP contribution in [0.2, 0.25) is 5.02 Å². The third-order valence-electron chi connectivity index (χ3n) is 2.54. The van der Waals surface area contributed by atoms with Crippen molar-refractivity contribution < 1.29 is 9.84 Å². The largest absolute Gasteiger partial charge is 0.457 e. The SMILES string of the molecule is N=C(N)c1cc(Cl)ccc1Oc1cccc(CO)c1.